The minimum Gasteiger partial charge on any atom is -0.493 e. The summed E-state index contributed by atoms with van der Waals surface area (Å²) in [6, 6.07) is 6.76. The Balaban J connectivity index is 1.70. The molecule has 9 nitrogen and oxygen atoms in total. The first-order valence-corrected chi connectivity index (χ1v) is 8.51. The molecule has 0 spiro atoms. The number of aromatic nitrogens is 2. The predicted octanol–water partition coefficient (Wildman–Crippen LogP) is 0.135. The van der Waals surface area contributed by atoms with Gasteiger partial charge >= 0.3 is 11.7 Å². The van der Waals surface area contributed by atoms with Gasteiger partial charge in [0, 0.05) is 42.9 Å². The summed E-state index contributed by atoms with van der Waals surface area (Å²) in [5, 5.41) is 9.97. The van der Waals surface area contributed by atoms with E-state index in [2.05, 4.69) is 9.97 Å². The van der Waals surface area contributed by atoms with E-state index in [4.69, 9.17) is 9.47 Å². The van der Waals surface area contributed by atoms with Gasteiger partial charge < -0.3 is 19.6 Å². The third kappa shape index (κ3) is 2.80. The van der Waals surface area contributed by atoms with Gasteiger partial charge in [-0.05, 0) is 6.07 Å². The van der Waals surface area contributed by atoms with Crippen LogP contribution in [0.4, 0.5) is 0 Å². The van der Waals surface area contributed by atoms with E-state index in [-0.39, 0.29) is 25.6 Å². The van der Waals surface area contributed by atoms with E-state index in [1.807, 2.05) is 17.0 Å². The van der Waals surface area contributed by atoms with Crippen molar-refractivity contribution in [3.05, 3.63) is 56.4 Å². The molecule has 2 aliphatic rings. The summed E-state index contributed by atoms with van der Waals surface area (Å²) in [4.78, 5) is 41.8. The minimum atomic E-state index is -1.10. The topological polar surface area (TPSA) is 125 Å². The lowest BCUT2D eigenvalue weighted by molar-refractivity contribution is -0.152. The summed E-state index contributed by atoms with van der Waals surface area (Å²) in [7, 11) is 1.54. The highest BCUT2D eigenvalue weighted by atomic mass is 16.5. The molecule has 27 heavy (non-hydrogen) atoms. The van der Waals surface area contributed by atoms with Crippen molar-refractivity contribution >= 4 is 5.97 Å². The molecule has 0 bridgehead atoms. The maximum absolute atomic E-state index is 12.2. The number of carbonyl (C=O) groups is 1. The third-order valence-corrected chi connectivity index (χ3v) is 5.33. The lowest BCUT2D eigenvalue weighted by Gasteiger charge is -2.36. The molecular formula is C18H19N3O6. The molecule has 3 N–H and O–H groups in total. The second kappa shape index (κ2) is 6.27. The zero-order valence-electron chi connectivity index (χ0n) is 14.7. The van der Waals surface area contributed by atoms with Gasteiger partial charge in [-0.15, -0.1) is 0 Å². The number of fused-ring (bicyclic) bond motifs is 3. The number of aliphatic carboxylic acids is 1. The molecule has 9 heteroatoms. The van der Waals surface area contributed by atoms with Crippen molar-refractivity contribution in [3.8, 4) is 11.5 Å². The van der Waals surface area contributed by atoms with Crippen molar-refractivity contribution in [2.24, 2.45) is 5.41 Å². The van der Waals surface area contributed by atoms with Gasteiger partial charge in [0.2, 0.25) is 0 Å². The van der Waals surface area contributed by atoms with Gasteiger partial charge in [0.15, 0.2) is 11.5 Å². The minimum absolute atomic E-state index is 0.0305. The number of nitrogens with one attached hydrogen (secondary N) is 2. The molecule has 3 heterocycles. The van der Waals surface area contributed by atoms with Crippen LogP contribution in [0.2, 0.25) is 0 Å². The maximum Gasteiger partial charge on any atom is 0.325 e. The Morgan fingerprint density at radius 3 is 2.93 bits per heavy atom. The molecule has 0 unspecified atom stereocenters. The van der Waals surface area contributed by atoms with Crippen LogP contribution < -0.4 is 20.7 Å². The fourth-order valence-electron chi connectivity index (χ4n) is 4.12. The molecule has 0 aliphatic carbocycles. The number of H-pyrrole nitrogens is 2. The Kier molecular flexibility index (Phi) is 4.03. The van der Waals surface area contributed by atoms with Crippen LogP contribution in [-0.2, 0) is 11.3 Å². The highest BCUT2D eigenvalue weighted by Gasteiger charge is 2.56. The molecule has 1 fully saturated rings. The van der Waals surface area contributed by atoms with Crippen molar-refractivity contribution in [2.45, 2.75) is 12.5 Å². The van der Waals surface area contributed by atoms with Gasteiger partial charge in [0.1, 0.15) is 12.0 Å². The fraction of sp³-hybridized carbons (Fsp3) is 0.389. The molecule has 2 atom stereocenters. The highest BCUT2D eigenvalue weighted by molar-refractivity contribution is 5.79. The van der Waals surface area contributed by atoms with Crippen LogP contribution in [0.15, 0.2) is 33.9 Å². The van der Waals surface area contributed by atoms with E-state index >= 15 is 0 Å². The van der Waals surface area contributed by atoms with Crippen molar-refractivity contribution in [2.75, 3.05) is 26.8 Å². The van der Waals surface area contributed by atoms with Crippen LogP contribution in [0.25, 0.3) is 0 Å². The summed E-state index contributed by atoms with van der Waals surface area (Å²) in [5.74, 6) is -0.0670. The lowest BCUT2D eigenvalue weighted by Crippen LogP contribution is -2.45. The van der Waals surface area contributed by atoms with Crippen molar-refractivity contribution < 1.29 is 19.4 Å². The normalized spacial score (nSPS) is 24.0. The molecule has 2 aliphatic heterocycles. The summed E-state index contributed by atoms with van der Waals surface area (Å²) in [5.41, 5.74) is -0.933. The summed E-state index contributed by atoms with van der Waals surface area (Å²) in [6.07, 6.45) is 0. The fourth-order valence-corrected chi connectivity index (χ4v) is 4.12. The van der Waals surface area contributed by atoms with E-state index in [0.717, 1.165) is 5.56 Å². The van der Waals surface area contributed by atoms with Crippen LogP contribution in [0, 0.1) is 5.41 Å². The number of nitrogens with zero attached hydrogens (tertiary/aromatic N) is 1. The number of ether oxygens (including phenoxy) is 2. The predicted molar refractivity (Wildman–Crippen MR) is 94.3 cm³/mol. The van der Waals surface area contributed by atoms with Gasteiger partial charge in [0.05, 0.1) is 7.11 Å². The molecule has 0 radical (unpaired) electrons. The summed E-state index contributed by atoms with van der Waals surface area (Å²) >= 11 is 0. The molecule has 142 valence electrons. The monoisotopic (exact) mass is 373 g/mol. The second-order valence-corrected chi connectivity index (χ2v) is 6.96. The quantitative estimate of drug-likeness (QED) is 0.696. The molecule has 4 rings (SSSR count). The zero-order valence-corrected chi connectivity index (χ0v) is 14.7. The van der Waals surface area contributed by atoms with Crippen LogP contribution in [0.3, 0.4) is 0 Å². The zero-order chi connectivity index (χ0) is 19.2. The van der Waals surface area contributed by atoms with Crippen molar-refractivity contribution in [1.29, 1.82) is 0 Å². The van der Waals surface area contributed by atoms with E-state index < -0.39 is 22.6 Å². The standard InChI is InChI=1S/C18H19N3O6/c1-26-13-4-2-3-11-12-7-21(6-10-5-14(22)20-17(25)19-10)8-18(12,16(23)24)9-27-15(11)13/h2-5,12H,6-9H2,1H3,(H,23,24)(H2,19,20,22,25)/t12-,18-/m0/s1. The third-order valence-electron chi connectivity index (χ3n) is 5.33. The number of hydrogen-bond donors (Lipinski definition) is 3. The Morgan fingerprint density at radius 2 is 2.22 bits per heavy atom. The molecule has 1 aromatic heterocycles. The Morgan fingerprint density at radius 1 is 1.41 bits per heavy atom. The number of carboxylic acid groups (broad SMARTS) is 1. The first-order valence-electron chi connectivity index (χ1n) is 8.51. The first-order chi connectivity index (χ1) is 12.9. The van der Waals surface area contributed by atoms with Gasteiger partial charge in [-0.3, -0.25) is 19.5 Å². The average molecular weight is 373 g/mol. The van der Waals surface area contributed by atoms with Gasteiger partial charge in [-0.25, -0.2) is 4.79 Å². The van der Waals surface area contributed by atoms with E-state index in [0.29, 0.717) is 23.7 Å². The highest BCUT2D eigenvalue weighted by Crippen LogP contribution is 2.52. The number of rotatable bonds is 4. The Labute approximate surface area is 153 Å². The Hall–Kier alpha value is -3.07. The molecule has 0 amide bonds. The number of benzene rings is 1. The van der Waals surface area contributed by atoms with E-state index in [9.17, 15) is 19.5 Å². The number of aromatic amines is 2. The number of carboxylic acids is 1. The Bertz CT molecular complexity index is 984. The summed E-state index contributed by atoms with van der Waals surface area (Å²) in [6.45, 7) is 1.01. The van der Waals surface area contributed by atoms with Crippen LogP contribution in [0.1, 0.15) is 17.2 Å². The SMILES string of the molecule is COc1cccc2c1OC[C@@]1(C(=O)O)CN(Cc3cc(=O)[nH]c(=O)[nH]3)C[C@@H]21. The van der Waals surface area contributed by atoms with E-state index in [1.165, 1.54) is 6.07 Å². The number of hydrogen-bond acceptors (Lipinski definition) is 6. The number of likely N-dealkylation sites (tertiary alicyclic amines) is 1. The largest absolute Gasteiger partial charge is 0.493 e. The first kappa shape index (κ1) is 17.3. The van der Waals surface area contributed by atoms with Gasteiger partial charge in [-0.1, -0.05) is 12.1 Å². The molecule has 0 saturated carbocycles. The van der Waals surface area contributed by atoms with Crippen molar-refractivity contribution in [1.82, 2.24) is 14.9 Å². The number of methoxy groups -OCH3 is 1. The maximum atomic E-state index is 12.2. The van der Waals surface area contributed by atoms with Crippen LogP contribution in [0.5, 0.6) is 11.5 Å². The molecule has 1 aromatic carbocycles. The number of para-hydroxylation sites is 1. The molecule has 2 aromatic rings. The second-order valence-electron chi connectivity index (χ2n) is 6.96. The lowest BCUT2D eigenvalue weighted by atomic mass is 9.73. The molecule has 1 saturated heterocycles. The van der Waals surface area contributed by atoms with Gasteiger partial charge in [-0.2, -0.15) is 0 Å². The van der Waals surface area contributed by atoms with Crippen LogP contribution >= 0.6 is 0 Å². The summed E-state index contributed by atoms with van der Waals surface area (Å²) < 4.78 is 11.2. The average Bonchev–Trinajstić information content (AvgIpc) is 3.00. The van der Waals surface area contributed by atoms with Gasteiger partial charge in [0.25, 0.3) is 5.56 Å². The van der Waals surface area contributed by atoms with E-state index in [1.54, 1.807) is 13.2 Å². The molecular weight excluding hydrogens is 354 g/mol. The van der Waals surface area contributed by atoms with Crippen molar-refractivity contribution in [3.63, 3.8) is 0 Å². The van der Waals surface area contributed by atoms with Crippen LogP contribution in [-0.4, -0.2) is 52.7 Å². The smallest absolute Gasteiger partial charge is 0.325 e.